The summed E-state index contributed by atoms with van der Waals surface area (Å²) >= 11 is 18.1. The van der Waals surface area contributed by atoms with Crippen LogP contribution in [0, 0.1) is 0 Å². The van der Waals surface area contributed by atoms with Gasteiger partial charge in [0.2, 0.25) is 0 Å². The molecule has 0 unspecified atom stereocenters. The molecule has 0 spiro atoms. The number of hydrogen-bond donors (Lipinski definition) is 0. The van der Waals surface area contributed by atoms with Gasteiger partial charge >= 0.3 is 0 Å². The van der Waals surface area contributed by atoms with Crippen LogP contribution in [0.25, 0.3) is 10.9 Å². The summed E-state index contributed by atoms with van der Waals surface area (Å²) in [7, 11) is 0. The monoisotopic (exact) mass is 337 g/mol. The molecule has 21 heavy (non-hydrogen) atoms. The van der Waals surface area contributed by atoms with Gasteiger partial charge in [0.1, 0.15) is 0 Å². The number of ketones is 1. The summed E-state index contributed by atoms with van der Waals surface area (Å²) in [5.41, 5.74) is 1.30. The van der Waals surface area contributed by atoms with Crippen LogP contribution in [0.5, 0.6) is 0 Å². The summed E-state index contributed by atoms with van der Waals surface area (Å²) in [6.45, 7) is 0.175. The van der Waals surface area contributed by atoms with Crippen LogP contribution >= 0.6 is 34.8 Å². The van der Waals surface area contributed by atoms with Gasteiger partial charge in [0.25, 0.3) is 0 Å². The molecule has 0 aliphatic carbocycles. The van der Waals surface area contributed by atoms with E-state index in [9.17, 15) is 4.79 Å². The second kappa shape index (κ2) is 5.72. The first kappa shape index (κ1) is 14.5. The molecule has 0 N–H and O–H groups in total. The quantitative estimate of drug-likeness (QED) is 0.579. The molecule has 3 rings (SSSR count). The third-order valence-corrected chi connectivity index (χ3v) is 4.14. The van der Waals surface area contributed by atoms with Crippen LogP contribution in [-0.4, -0.2) is 10.4 Å². The van der Waals surface area contributed by atoms with Crippen LogP contribution in [0.2, 0.25) is 15.1 Å². The topological polar surface area (TPSA) is 22.0 Å². The van der Waals surface area contributed by atoms with Crippen molar-refractivity contribution in [1.82, 2.24) is 4.57 Å². The summed E-state index contributed by atoms with van der Waals surface area (Å²) in [4.78, 5) is 12.4. The van der Waals surface area contributed by atoms with Gasteiger partial charge in [0.05, 0.1) is 22.1 Å². The van der Waals surface area contributed by atoms with Crippen molar-refractivity contribution >= 4 is 51.5 Å². The number of para-hydroxylation sites is 1. The fourth-order valence-electron chi connectivity index (χ4n) is 2.30. The number of hydrogen-bond acceptors (Lipinski definition) is 1. The fourth-order valence-corrected chi connectivity index (χ4v) is 3.11. The number of rotatable bonds is 3. The smallest absolute Gasteiger partial charge is 0.183 e. The van der Waals surface area contributed by atoms with E-state index >= 15 is 0 Å². The number of benzene rings is 2. The number of halogens is 3. The van der Waals surface area contributed by atoms with Gasteiger partial charge in [-0.15, -0.1) is 0 Å². The third-order valence-electron chi connectivity index (χ3n) is 3.28. The highest BCUT2D eigenvalue weighted by molar-refractivity contribution is 6.37. The van der Waals surface area contributed by atoms with Crippen LogP contribution in [0.3, 0.4) is 0 Å². The molecule has 2 aromatic carbocycles. The van der Waals surface area contributed by atoms with Gasteiger partial charge in [-0.1, -0.05) is 46.9 Å². The van der Waals surface area contributed by atoms with Gasteiger partial charge in [0.15, 0.2) is 5.78 Å². The highest BCUT2D eigenvalue weighted by Crippen LogP contribution is 2.26. The highest BCUT2D eigenvalue weighted by Gasteiger charge is 2.13. The zero-order chi connectivity index (χ0) is 15.0. The Kier molecular flexibility index (Phi) is 3.94. The van der Waals surface area contributed by atoms with Gasteiger partial charge in [-0.25, -0.2) is 0 Å². The van der Waals surface area contributed by atoms with E-state index in [2.05, 4.69) is 0 Å². The van der Waals surface area contributed by atoms with Gasteiger partial charge in [-0.2, -0.15) is 0 Å². The van der Waals surface area contributed by atoms with E-state index in [0.29, 0.717) is 20.6 Å². The second-order valence-corrected chi connectivity index (χ2v) is 5.92. The Morgan fingerprint density at radius 1 is 1.00 bits per heavy atom. The average molecular weight is 339 g/mol. The summed E-state index contributed by atoms with van der Waals surface area (Å²) in [6, 6.07) is 12.4. The molecule has 0 atom stereocenters. The molecule has 1 heterocycles. The normalized spacial score (nSPS) is 11.0. The second-order valence-electron chi connectivity index (χ2n) is 4.67. The van der Waals surface area contributed by atoms with Crippen LogP contribution < -0.4 is 0 Å². The predicted molar refractivity (Wildman–Crippen MR) is 87.7 cm³/mol. The van der Waals surface area contributed by atoms with Gasteiger partial charge in [0, 0.05) is 22.2 Å². The minimum Gasteiger partial charge on any atom is -0.338 e. The van der Waals surface area contributed by atoms with Crippen LogP contribution in [-0.2, 0) is 6.54 Å². The van der Waals surface area contributed by atoms with E-state index < -0.39 is 0 Å². The molecule has 0 bridgehead atoms. The summed E-state index contributed by atoms with van der Waals surface area (Å²) in [6.07, 6.45) is 1.85. The lowest BCUT2D eigenvalue weighted by Gasteiger charge is -2.08. The SMILES string of the molecule is O=C(Cn1ccc2cccc(Cl)c21)c1ccc(Cl)cc1Cl. The molecule has 1 aromatic heterocycles. The maximum absolute atomic E-state index is 12.4. The van der Waals surface area contributed by atoms with Crippen molar-refractivity contribution in [2.75, 3.05) is 0 Å². The number of carbonyl (C=O) groups is 1. The van der Waals surface area contributed by atoms with E-state index in [4.69, 9.17) is 34.8 Å². The van der Waals surface area contributed by atoms with Crippen molar-refractivity contribution < 1.29 is 4.79 Å². The predicted octanol–water partition coefficient (Wildman–Crippen LogP) is 5.48. The van der Waals surface area contributed by atoms with Crippen LogP contribution in [0.15, 0.2) is 48.7 Å². The minimum atomic E-state index is -0.0888. The summed E-state index contributed by atoms with van der Waals surface area (Å²) in [5.74, 6) is -0.0888. The largest absolute Gasteiger partial charge is 0.338 e. The Morgan fingerprint density at radius 2 is 1.81 bits per heavy atom. The number of nitrogens with zero attached hydrogens (tertiary/aromatic N) is 1. The molecule has 0 fully saturated rings. The number of Topliss-reactive ketones (excluding diaryl/α,β-unsaturated/α-hetero) is 1. The summed E-state index contributed by atoms with van der Waals surface area (Å²) in [5, 5.41) is 2.48. The number of aromatic nitrogens is 1. The van der Waals surface area contributed by atoms with E-state index in [1.54, 1.807) is 24.3 Å². The maximum Gasteiger partial charge on any atom is 0.183 e. The Morgan fingerprint density at radius 3 is 2.57 bits per heavy atom. The van der Waals surface area contributed by atoms with E-state index in [-0.39, 0.29) is 12.3 Å². The van der Waals surface area contributed by atoms with Crippen molar-refractivity contribution in [3.63, 3.8) is 0 Å². The van der Waals surface area contributed by atoms with Crippen molar-refractivity contribution in [3.05, 3.63) is 69.3 Å². The molecular formula is C16H10Cl3NO. The van der Waals surface area contributed by atoms with Crippen molar-refractivity contribution in [2.24, 2.45) is 0 Å². The molecule has 0 radical (unpaired) electrons. The van der Waals surface area contributed by atoms with E-state index in [0.717, 1.165) is 10.9 Å². The first-order chi connectivity index (χ1) is 10.1. The van der Waals surface area contributed by atoms with E-state index in [1.165, 1.54) is 0 Å². The van der Waals surface area contributed by atoms with Crippen molar-refractivity contribution in [3.8, 4) is 0 Å². The Balaban J connectivity index is 1.97. The first-order valence-electron chi connectivity index (χ1n) is 6.28. The van der Waals surface area contributed by atoms with Crippen molar-refractivity contribution in [2.45, 2.75) is 6.54 Å². The highest BCUT2D eigenvalue weighted by atomic mass is 35.5. The lowest BCUT2D eigenvalue weighted by molar-refractivity contribution is 0.0974. The number of carbonyl (C=O) groups excluding carboxylic acids is 1. The molecule has 2 nitrogen and oxygen atoms in total. The molecule has 3 aromatic rings. The third kappa shape index (κ3) is 2.80. The van der Waals surface area contributed by atoms with Crippen molar-refractivity contribution in [1.29, 1.82) is 0 Å². The molecule has 0 saturated carbocycles. The van der Waals surface area contributed by atoms with Gasteiger partial charge < -0.3 is 4.57 Å². The van der Waals surface area contributed by atoms with E-state index in [1.807, 2.05) is 29.0 Å². The minimum absolute atomic E-state index is 0.0888. The maximum atomic E-state index is 12.4. The molecule has 0 amide bonds. The fraction of sp³-hybridized carbons (Fsp3) is 0.0625. The first-order valence-corrected chi connectivity index (χ1v) is 7.41. The number of fused-ring (bicyclic) bond motifs is 1. The molecule has 0 aliphatic heterocycles. The van der Waals surface area contributed by atoms with Crippen LogP contribution in [0.1, 0.15) is 10.4 Å². The Hall–Kier alpha value is -1.48. The molecular weight excluding hydrogens is 329 g/mol. The van der Waals surface area contributed by atoms with Crippen LogP contribution in [0.4, 0.5) is 0 Å². The average Bonchev–Trinajstić information content (AvgIpc) is 2.83. The standard InChI is InChI=1S/C16H10Cl3NO/c17-11-4-5-12(14(19)8-11)15(21)9-20-7-6-10-2-1-3-13(18)16(10)20/h1-8H,9H2. The molecule has 0 aliphatic rings. The van der Waals surface area contributed by atoms with Gasteiger partial charge in [-0.3, -0.25) is 4.79 Å². The lowest BCUT2D eigenvalue weighted by atomic mass is 10.1. The molecule has 5 heteroatoms. The lowest BCUT2D eigenvalue weighted by Crippen LogP contribution is -2.10. The molecule has 106 valence electrons. The Labute approximate surface area is 136 Å². The summed E-state index contributed by atoms with van der Waals surface area (Å²) < 4.78 is 1.82. The zero-order valence-corrected chi connectivity index (χ0v) is 13.1. The molecule has 0 saturated heterocycles. The Bertz CT molecular complexity index is 839. The van der Waals surface area contributed by atoms with Gasteiger partial charge in [-0.05, 0) is 30.3 Å². The zero-order valence-electron chi connectivity index (χ0n) is 10.8.